The van der Waals surface area contributed by atoms with Crippen molar-refractivity contribution in [3.8, 4) is 0 Å². The highest BCUT2D eigenvalue weighted by atomic mass is 16.5. The van der Waals surface area contributed by atoms with Gasteiger partial charge in [-0.15, -0.1) is 0 Å². The average molecular weight is 265 g/mol. The second-order valence-corrected chi connectivity index (χ2v) is 5.55. The van der Waals surface area contributed by atoms with E-state index in [1.54, 1.807) is 0 Å². The fraction of sp³-hybridized carbons (Fsp3) is 0.765. The third-order valence-corrected chi connectivity index (χ3v) is 3.86. The summed E-state index contributed by atoms with van der Waals surface area (Å²) >= 11 is 0. The van der Waals surface area contributed by atoms with E-state index in [1.807, 2.05) is 7.11 Å². The highest BCUT2D eigenvalue weighted by Crippen LogP contribution is 2.11. The van der Waals surface area contributed by atoms with Crippen LogP contribution in [-0.2, 0) is 4.74 Å². The van der Waals surface area contributed by atoms with E-state index in [9.17, 15) is 0 Å². The van der Waals surface area contributed by atoms with Crippen LogP contribution in [0, 0.1) is 0 Å². The highest BCUT2D eigenvalue weighted by molar-refractivity contribution is 5.02. The van der Waals surface area contributed by atoms with Gasteiger partial charge in [0.2, 0.25) is 0 Å². The maximum atomic E-state index is 5.50. The van der Waals surface area contributed by atoms with Crippen LogP contribution in [0.5, 0.6) is 0 Å². The summed E-state index contributed by atoms with van der Waals surface area (Å²) in [5, 5.41) is 0. The van der Waals surface area contributed by atoms with E-state index in [-0.39, 0.29) is 6.10 Å². The summed E-state index contributed by atoms with van der Waals surface area (Å²) in [7, 11) is 1.81. The van der Waals surface area contributed by atoms with Crippen LogP contribution < -0.4 is 0 Å². The lowest BCUT2D eigenvalue weighted by molar-refractivity contribution is 0.134. The zero-order valence-electron chi connectivity index (χ0n) is 13.0. The average Bonchev–Trinajstić information content (AvgIpc) is 2.42. The number of ether oxygens (including phenoxy) is 1. The minimum absolute atomic E-state index is 0.286. The summed E-state index contributed by atoms with van der Waals surface area (Å²) in [4.78, 5) is 2.56. The van der Waals surface area contributed by atoms with Crippen molar-refractivity contribution in [3.63, 3.8) is 0 Å². The molecule has 1 atom stereocenters. The van der Waals surface area contributed by atoms with Gasteiger partial charge in [-0.3, -0.25) is 4.90 Å². The molecule has 0 aromatic rings. The number of methoxy groups -OCH3 is 1. The molecule has 0 aromatic heterocycles. The zero-order chi connectivity index (χ0) is 13.9. The van der Waals surface area contributed by atoms with Crippen LogP contribution in [0.1, 0.15) is 52.4 Å². The van der Waals surface area contributed by atoms with Crippen molar-refractivity contribution >= 4 is 0 Å². The number of hydrogen-bond acceptors (Lipinski definition) is 2. The van der Waals surface area contributed by atoms with E-state index in [0.29, 0.717) is 0 Å². The molecule has 1 rings (SSSR count). The molecule has 0 fully saturated rings. The van der Waals surface area contributed by atoms with Crippen molar-refractivity contribution in [1.29, 1.82) is 0 Å². The first-order valence-electron chi connectivity index (χ1n) is 7.83. The Bertz CT molecular complexity index is 283. The van der Waals surface area contributed by atoms with Gasteiger partial charge in [-0.25, -0.2) is 0 Å². The van der Waals surface area contributed by atoms with E-state index in [1.165, 1.54) is 37.8 Å². The molecule has 0 saturated carbocycles. The molecule has 19 heavy (non-hydrogen) atoms. The molecule has 0 radical (unpaired) electrons. The van der Waals surface area contributed by atoms with Crippen molar-refractivity contribution in [1.82, 2.24) is 4.90 Å². The lowest BCUT2D eigenvalue weighted by atomic mass is 10.1. The van der Waals surface area contributed by atoms with E-state index in [4.69, 9.17) is 4.74 Å². The fourth-order valence-electron chi connectivity index (χ4n) is 2.58. The second-order valence-electron chi connectivity index (χ2n) is 5.55. The molecule has 110 valence electrons. The topological polar surface area (TPSA) is 12.5 Å². The second kappa shape index (κ2) is 10.2. The molecule has 0 N–H and O–H groups in total. The Hall–Kier alpha value is -0.600. The van der Waals surface area contributed by atoms with Gasteiger partial charge in [-0.05, 0) is 52.1 Å². The fourth-order valence-corrected chi connectivity index (χ4v) is 2.58. The Labute approximate surface area is 119 Å². The molecule has 1 unspecified atom stereocenters. The van der Waals surface area contributed by atoms with Crippen molar-refractivity contribution in [2.75, 3.05) is 26.7 Å². The molecule has 1 heterocycles. The van der Waals surface area contributed by atoms with Crippen LogP contribution in [0.15, 0.2) is 23.8 Å². The lowest BCUT2D eigenvalue weighted by Crippen LogP contribution is -2.26. The Balaban J connectivity index is 2.55. The van der Waals surface area contributed by atoms with Crippen LogP contribution in [-0.4, -0.2) is 37.7 Å². The van der Waals surface area contributed by atoms with Gasteiger partial charge >= 0.3 is 0 Å². The molecule has 2 heteroatoms. The Morgan fingerprint density at radius 1 is 1.26 bits per heavy atom. The van der Waals surface area contributed by atoms with Crippen molar-refractivity contribution < 1.29 is 4.74 Å². The number of hydrogen-bond donors (Lipinski definition) is 0. The van der Waals surface area contributed by atoms with Crippen LogP contribution >= 0.6 is 0 Å². The van der Waals surface area contributed by atoms with Gasteiger partial charge in [0.25, 0.3) is 0 Å². The first-order chi connectivity index (χ1) is 9.26. The van der Waals surface area contributed by atoms with E-state index in [0.717, 1.165) is 25.9 Å². The molecule has 1 aliphatic rings. The maximum absolute atomic E-state index is 5.50. The summed E-state index contributed by atoms with van der Waals surface area (Å²) in [6.45, 7) is 8.05. The molecule has 0 amide bonds. The van der Waals surface area contributed by atoms with Crippen molar-refractivity contribution in [2.45, 2.75) is 58.5 Å². The number of likely N-dealkylation sites (N-methyl/N-ethyl adjacent to an activating group) is 1. The zero-order valence-corrected chi connectivity index (χ0v) is 13.0. The molecule has 2 nitrogen and oxygen atoms in total. The largest absolute Gasteiger partial charge is 0.377 e. The Morgan fingerprint density at radius 3 is 2.84 bits per heavy atom. The summed E-state index contributed by atoms with van der Waals surface area (Å²) in [5.41, 5.74) is 1.50. The summed E-state index contributed by atoms with van der Waals surface area (Å²) in [6.07, 6.45) is 14.6. The normalized spacial score (nSPS) is 29.2. The third kappa shape index (κ3) is 7.54. The monoisotopic (exact) mass is 265 g/mol. The minimum atomic E-state index is 0.286. The molecule has 0 aromatic carbocycles. The molecule has 0 saturated heterocycles. The van der Waals surface area contributed by atoms with E-state index in [2.05, 4.69) is 37.0 Å². The molecular formula is C17H31NO. The van der Waals surface area contributed by atoms with Crippen molar-refractivity contribution in [3.05, 3.63) is 23.8 Å². The van der Waals surface area contributed by atoms with Gasteiger partial charge in [-0.2, -0.15) is 0 Å². The molecular weight excluding hydrogens is 234 g/mol. The number of nitrogens with zero attached hydrogens (tertiary/aromatic N) is 1. The van der Waals surface area contributed by atoms with Crippen molar-refractivity contribution in [2.24, 2.45) is 0 Å². The first kappa shape index (κ1) is 16.5. The third-order valence-electron chi connectivity index (χ3n) is 3.86. The predicted molar refractivity (Wildman–Crippen MR) is 83.5 cm³/mol. The van der Waals surface area contributed by atoms with Gasteiger partial charge < -0.3 is 4.74 Å². The summed E-state index contributed by atoms with van der Waals surface area (Å²) in [6, 6.07) is 0. The lowest BCUT2D eigenvalue weighted by Gasteiger charge is -2.21. The minimum Gasteiger partial charge on any atom is -0.377 e. The van der Waals surface area contributed by atoms with Crippen LogP contribution in [0.2, 0.25) is 0 Å². The van der Waals surface area contributed by atoms with Gasteiger partial charge in [-0.1, -0.05) is 37.1 Å². The van der Waals surface area contributed by atoms with Gasteiger partial charge in [0, 0.05) is 13.7 Å². The van der Waals surface area contributed by atoms with Gasteiger partial charge in [0.05, 0.1) is 6.10 Å². The molecule has 0 aliphatic carbocycles. The smallest absolute Gasteiger partial charge is 0.0755 e. The number of allylic oxidation sites excluding steroid dienone is 2. The highest BCUT2D eigenvalue weighted by Gasteiger charge is 2.05. The van der Waals surface area contributed by atoms with Gasteiger partial charge in [0.15, 0.2) is 0 Å². The standard InChI is InChI=1S/C17H31NO/c1-4-18-14-9-7-5-6-8-12-17(19-3)13-10-11-16(2)15-18/h8,11-12,17H,4-7,9-10,13-15H2,1-3H3/b12-8+,16-11-. The molecule has 0 spiro atoms. The predicted octanol–water partition coefficient (Wildman–Crippen LogP) is 4.18. The van der Waals surface area contributed by atoms with Crippen LogP contribution in [0.25, 0.3) is 0 Å². The van der Waals surface area contributed by atoms with Crippen LogP contribution in [0.4, 0.5) is 0 Å². The molecule has 1 aliphatic heterocycles. The van der Waals surface area contributed by atoms with E-state index < -0.39 is 0 Å². The summed E-state index contributed by atoms with van der Waals surface area (Å²) < 4.78 is 5.50. The number of rotatable bonds is 2. The maximum Gasteiger partial charge on any atom is 0.0755 e. The Kier molecular flexibility index (Phi) is 8.85. The Morgan fingerprint density at radius 2 is 2.11 bits per heavy atom. The SMILES string of the molecule is CCN1CCCCC/C=C/C(OC)CC/C=C(/C)C1. The quantitative estimate of drug-likeness (QED) is 0.694. The van der Waals surface area contributed by atoms with E-state index >= 15 is 0 Å². The first-order valence-corrected chi connectivity index (χ1v) is 7.83. The summed E-state index contributed by atoms with van der Waals surface area (Å²) in [5.74, 6) is 0. The van der Waals surface area contributed by atoms with Crippen LogP contribution in [0.3, 0.4) is 0 Å². The molecule has 0 bridgehead atoms. The van der Waals surface area contributed by atoms with Gasteiger partial charge in [0.1, 0.15) is 0 Å².